The summed E-state index contributed by atoms with van der Waals surface area (Å²) in [7, 11) is 0. The molecule has 1 aromatic heterocycles. The summed E-state index contributed by atoms with van der Waals surface area (Å²) in [5.41, 5.74) is 2.65. The lowest BCUT2D eigenvalue weighted by Gasteiger charge is -2.44. The van der Waals surface area contributed by atoms with E-state index < -0.39 is 0 Å². The molecule has 6 heteroatoms. The Kier molecular flexibility index (Phi) is 4.90. The zero-order chi connectivity index (χ0) is 16.3. The first-order valence-corrected chi connectivity index (χ1v) is 8.69. The monoisotopic (exact) mass is 320 g/mol. The lowest BCUT2D eigenvalue weighted by molar-refractivity contribution is -0.0145. The zero-order valence-corrected chi connectivity index (χ0v) is 14.3. The predicted octanol–water partition coefficient (Wildman–Crippen LogP) is 2.10. The van der Waals surface area contributed by atoms with E-state index in [1.807, 2.05) is 18.2 Å². The highest BCUT2D eigenvalue weighted by Crippen LogP contribution is 2.40. The van der Waals surface area contributed by atoms with E-state index in [-0.39, 0.29) is 6.03 Å². The fourth-order valence-corrected chi connectivity index (χ4v) is 3.65. The molecule has 0 aromatic carbocycles. The first kappa shape index (κ1) is 16.3. The van der Waals surface area contributed by atoms with Crippen LogP contribution >= 0.6 is 0 Å². The maximum absolute atomic E-state index is 12.3. The Morgan fingerprint density at radius 3 is 2.57 bits per heavy atom. The van der Waals surface area contributed by atoms with Crippen molar-refractivity contribution in [3.05, 3.63) is 17.7 Å². The summed E-state index contributed by atoms with van der Waals surface area (Å²) in [6.45, 7) is 8.99. The maximum Gasteiger partial charge on any atom is 0.317 e. The van der Waals surface area contributed by atoms with Crippen molar-refractivity contribution >= 4 is 6.03 Å². The zero-order valence-electron chi connectivity index (χ0n) is 14.3. The van der Waals surface area contributed by atoms with Gasteiger partial charge in [-0.15, -0.1) is 0 Å². The molecule has 0 unspecified atom stereocenters. The van der Waals surface area contributed by atoms with Crippen LogP contribution in [0.1, 0.15) is 37.1 Å². The summed E-state index contributed by atoms with van der Waals surface area (Å²) in [6, 6.07) is 0.0707. The number of carbonyl (C=O) groups is 1. The molecule has 6 nitrogen and oxygen atoms in total. The van der Waals surface area contributed by atoms with E-state index in [2.05, 4.69) is 21.8 Å². The second kappa shape index (κ2) is 6.91. The molecule has 1 spiro atoms. The van der Waals surface area contributed by atoms with Crippen LogP contribution < -0.4 is 5.32 Å². The number of hydrogen-bond acceptors (Lipinski definition) is 3. The second-order valence-corrected chi connectivity index (χ2v) is 6.94. The molecular weight excluding hydrogens is 292 g/mol. The minimum Gasteiger partial charge on any atom is -0.381 e. The Bertz CT molecular complexity index is 539. The number of ether oxygens (including phenoxy) is 1. The van der Waals surface area contributed by atoms with Crippen LogP contribution in [0.5, 0.6) is 0 Å². The minimum atomic E-state index is 0.0707. The molecule has 2 aliphatic rings. The number of aryl methyl sites for hydroxylation is 1. The topological polar surface area (TPSA) is 59.4 Å². The van der Waals surface area contributed by atoms with Crippen LogP contribution in [0.15, 0.2) is 6.33 Å². The highest BCUT2D eigenvalue weighted by Gasteiger charge is 2.37. The van der Waals surface area contributed by atoms with E-state index in [1.165, 1.54) is 5.69 Å². The van der Waals surface area contributed by atoms with Crippen molar-refractivity contribution in [3.63, 3.8) is 0 Å². The molecule has 2 aliphatic heterocycles. The largest absolute Gasteiger partial charge is 0.381 e. The molecule has 2 fully saturated rings. The van der Waals surface area contributed by atoms with E-state index in [4.69, 9.17) is 4.74 Å². The summed E-state index contributed by atoms with van der Waals surface area (Å²) >= 11 is 0. The van der Waals surface area contributed by atoms with Crippen LogP contribution in [0.4, 0.5) is 4.79 Å². The standard InChI is InChI=1S/C17H28N4O2/c1-14-15(2)21(13-19-14)10-7-18-16(22)20-8-3-17(4-9-20)5-11-23-12-6-17/h13H,3-12H2,1-2H3,(H,18,22). The molecule has 3 rings (SSSR count). The van der Waals surface area contributed by atoms with Crippen LogP contribution in [-0.2, 0) is 11.3 Å². The Balaban J connectivity index is 1.42. The van der Waals surface area contributed by atoms with Gasteiger partial charge in [0.25, 0.3) is 0 Å². The highest BCUT2D eigenvalue weighted by atomic mass is 16.5. The molecule has 1 aromatic rings. The molecular formula is C17H28N4O2. The number of hydrogen-bond donors (Lipinski definition) is 1. The Hall–Kier alpha value is -1.56. The van der Waals surface area contributed by atoms with Crippen molar-refractivity contribution in [1.29, 1.82) is 0 Å². The van der Waals surface area contributed by atoms with E-state index in [9.17, 15) is 4.79 Å². The molecule has 0 atom stereocenters. The van der Waals surface area contributed by atoms with Crippen molar-refractivity contribution in [1.82, 2.24) is 19.8 Å². The molecule has 0 aliphatic carbocycles. The average Bonchev–Trinajstić information content (AvgIpc) is 2.88. The smallest absolute Gasteiger partial charge is 0.317 e. The summed E-state index contributed by atoms with van der Waals surface area (Å²) < 4.78 is 7.56. The third-order valence-electron chi connectivity index (χ3n) is 5.64. The molecule has 0 radical (unpaired) electrons. The van der Waals surface area contributed by atoms with Crippen molar-refractivity contribution in [2.24, 2.45) is 5.41 Å². The lowest BCUT2D eigenvalue weighted by atomic mass is 9.72. The van der Waals surface area contributed by atoms with Gasteiger partial charge in [-0.05, 0) is 44.9 Å². The molecule has 0 bridgehead atoms. The van der Waals surface area contributed by atoms with E-state index in [0.29, 0.717) is 12.0 Å². The number of piperidine rings is 1. The van der Waals surface area contributed by atoms with Crippen LogP contribution in [0, 0.1) is 19.3 Å². The third-order valence-corrected chi connectivity index (χ3v) is 5.64. The van der Waals surface area contributed by atoms with Crippen molar-refractivity contribution in [3.8, 4) is 0 Å². The van der Waals surface area contributed by atoms with Gasteiger partial charge in [-0.1, -0.05) is 0 Å². The maximum atomic E-state index is 12.3. The van der Waals surface area contributed by atoms with Crippen molar-refractivity contribution < 1.29 is 9.53 Å². The number of imidazole rings is 1. The normalized spacial score (nSPS) is 20.7. The van der Waals surface area contributed by atoms with Gasteiger partial charge in [0, 0.05) is 45.1 Å². The quantitative estimate of drug-likeness (QED) is 0.928. The predicted molar refractivity (Wildman–Crippen MR) is 88.4 cm³/mol. The Morgan fingerprint density at radius 1 is 1.26 bits per heavy atom. The van der Waals surface area contributed by atoms with Gasteiger partial charge in [0.1, 0.15) is 0 Å². The number of rotatable bonds is 3. The first-order valence-electron chi connectivity index (χ1n) is 8.69. The van der Waals surface area contributed by atoms with Crippen molar-refractivity contribution in [2.45, 2.75) is 46.1 Å². The van der Waals surface area contributed by atoms with E-state index in [0.717, 1.165) is 64.2 Å². The number of nitrogens with one attached hydrogen (secondary N) is 1. The van der Waals surface area contributed by atoms with Gasteiger partial charge in [0.15, 0.2) is 0 Å². The first-order chi connectivity index (χ1) is 11.1. The number of urea groups is 1. The Labute approximate surface area is 138 Å². The second-order valence-electron chi connectivity index (χ2n) is 6.94. The summed E-state index contributed by atoms with van der Waals surface area (Å²) in [4.78, 5) is 18.6. The number of amides is 2. The highest BCUT2D eigenvalue weighted by molar-refractivity contribution is 5.74. The van der Waals surface area contributed by atoms with Crippen LogP contribution in [0.3, 0.4) is 0 Å². The minimum absolute atomic E-state index is 0.0707. The number of carbonyl (C=O) groups excluding carboxylic acids is 1. The third kappa shape index (κ3) is 3.68. The van der Waals surface area contributed by atoms with Gasteiger partial charge in [-0.2, -0.15) is 0 Å². The van der Waals surface area contributed by atoms with E-state index in [1.54, 1.807) is 0 Å². The van der Waals surface area contributed by atoms with Gasteiger partial charge in [-0.3, -0.25) is 0 Å². The summed E-state index contributed by atoms with van der Waals surface area (Å²) in [5, 5.41) is 3.04. The number of aromatic nitrogens is 2. The van der Waals surface area contributed by atoms with Crippen LogP contribution in [-0.4, -0.2) is 53.3 Å². The molecule has 23 heavy (non-hydrogen) atoms. The molecule has 128 valence electrons. The SMILES string of the molecule is Cc1ncn(CCNC(=O)N2CCC3(CCOCC3)CC2)c1C. The van der Waals surface area contributed by atoms with Crippen LogP contribution in [0.25, 0.3) is 0 Å². The van der Waals surface area contributed by atoms with Gasteiger partial charge < -0.3 is 19.5 Å². The molecule has 1 N–H and O–H groups in total. The molecule has 3 heterocycles. The van der Waals surface area contributed by atoms with Gasteiger partial charge in [0.2, 0.25) is 0 Å². The summed E-state index contributed by atoms with van der Waals surface area (Å²) in [6.07, 6.45) is 6.38. The van der Waals surface area contributed by atoms with Crippen molar-refractivity contribution in [2.75, 3.05) is 32.8 Å². The Morgan fingerprint density at radius 2 is 1.96 bits per heavy atom. The van der Waals surface area contributed by atoms with Gasteiger partial charge >= 0.3 is 6.03 Å². The number of nitrogens with zero attached hydrogens (tertiary/aromatic N) is 3. The average molecular weight is 320 g/mol. The molecule has 2 amide bonds. The summed E-state index contributed by atoms with van der Waals surface area (Å²) in [5.74, 6) is 0. The lowest BCUT2D eigenvalue weighted by Crippen LogP contribution is -2.49. The number of likely N-dealkylation sites (tertiary alicyclic amines) is 1. The molecule has 2 saturated heterocycles. The fourth-order valence-electron chi connectivity index (χ4n) is 3.65. The molecule has 0 saturated carbocycles. The fraction of sp³-hybridized carbons (Fsp3) is 0.765. The van der Waals surface area contributed by atoms with Gasteiger partial charge in [0.05, 0.1) is 12.0 Å². The van der Waals surface area contributed by atoms with E-state index >= 15 is 0 Å². The van der Waals surface area contributed by atoms with Gasteiger partial charge in [-0.25, -0.2) is 9.78 Å². The van der Waals surface area contributed by atoms with Crippen LogP contribution in [0.2, 0.25) is 0 Å².